The molecule has 0 radical (unpaired) electrons. The average molecular weight is 209 g/mol. The number of Topliss-reactive ketones (excluding diaryl/α,β-unsaturated/α-hetero) is 1. The molecule has 1 nitrogen and oxygen atoms in total. The number of aryl methyl sites for hydroxylation is 1. The van der Waals surface area contributed by atoms with Crippen LogP contribution in [0.5, 0.6) is 0 Å². The van der Waals surface area contributed by atoms with Crippen molar-refractivity contribution < 1.29 is 4.79 Å². The molecule has 0 aliphatic carbocycles. The summed E-state index contributed by atoms with van der Waals surface area (Å²) in [6.07, 6.45) is 2.92. The Morgan fingerprint density at radius 3 is 2.86 bits per heavy atom. The third-order valence-corrected chi connectivity index (χ3v) is 2.39. The second kappa shape index (κ2) is 4.97. The molecule has 2 heteroatoms. The smallest absolute Gasteiger partial charge is 0.164 e. The lowest BCUT2D eigenvalue weighted by atomic mass is 10.0. The lowest BCUT2D eigenvalue weighted by molar-refractivity contribution is 0.0983. The summed E-state index contributed by atoms with van der Waals surface area (Å²) in [7, 11) is 0. The van der Waals surface area contributed by atoms with Gasteiger partial charge in [0, 0.05) is 12.0 Å². The van der Waals surface area contributed by atoms with E-state index in [-0.39, 0.29) is 5.78 Å². The zero-order valence-electron chi connectivity index (χ0n) is 8.22. The van der Waals surface area contributed by atoms with E-state index in [1.807, 2.05) is 19.1 Å². The zero-order valence-corrected chi connectivity index (χ0v) is 8.97. The Hall–Kier alpha value is -1.08. The van der Waals surface area contributed by atoms with Crippen LogP contribution in [0.1, 0.15) is 28.8 Å². The zero-order chi connectivity index (χ0) is 10.6. The van der Waals surface area contributed by atoms with E-state index in [0.717, 1.165) is 5.56 Å². The van der Waals surface area contributed by atoms with Gasteiger partial charge in [-0.2, -0.15) is 0 Å². The van der Waals surface area contributed by atoms with E-state index >= 15 is 0 Å². The molecule has 0 amide bonds. The van der Waals surface area contributed by atoms with Gasteiger partial charge in [0.25, 0.3) is 0 Å². The number of hydrogen-bond donors (Lipinski definition) is 0. The summed E-state index contributed by atoms with van der Waals surface area (Å²) in [5.41, 5.74) is 1.59. The summed E-state index contributed by atoms with van der Waals surface area (Å²) in [5, 5.41) is 0.541. The molecule has 14 heavy (non-hydrogen) atoms. The Bertz CT molecular complexity index is 335. The lowest BCUT2D eigenvalue weighted by Crippen LogP contribution is -2.02. The molecule has 0 atom stereocenters. The minimum atomic E-state index is 0.0907. The number of hydrogen-bond acceptors (Lipinski definition) is 1. The van der Waals surface area contributed by atoms with Crippen LogP contribution in [0.4, 0.5) is 0 Å². The van der Waals surface area contributed by atoms with E-state index in [1.165, 1.54) is 0 Å². The molecule has 0 saturated heterocycles. The molecule has 0 aliphatic rings. The summed E-state index contributed by atoms with van der Waals surface area (Å²) in [4.78, 5) is 11.7. The normalized spacial score (nSPS) is 9.86. The third-order valence-electron chi connectivity index (χ3n) is 2.08. The Kier molecular flexibility index (Phi) is 3.90. The van der Waals surface area contributed by atoms with E-state index in [4.69, 9.17) is 11.6 Å². The molecule has 0 aromatic heterocycles. The molecule has 1 aromatic carbocycles. The summed E-state index contributed by atoms with van der Waals surface area (Å²) in [6, 6.07) is 5.49. The Morgan fingerprint density at radius 2 is 2.29 bits per heavy atom. The first-order valence-corrected chi connectivity index (χ1v) is 4.94. The molecule has 0 N–H and O–H groups in total. The number of halogens is 1. The number of ketones is 1. The third kappa shape index (κ3) is 2.46. The van der Waals surface area contributed by atoms with Gasteiger partial charge in [-0.1, -0.05) is 29.8 Å². The van der Waals surface area contributed by atoms with Crippen molar-refractivity contribution in [2.45, 2.75) is 19.8 Å². The topological polar surface area (TPSA) is 17.1 Å². The highest BCUT2D eigenvalue weighted by Gasteiger charge is 2.11. The van der Waals surface area contributed by atoms with Crippen molar-refractivity contribution in [1.82, 2.24) is 0 Å². The van der Waals surface area contributed by atoms with Crippen molar-refractivity contribution in [2.24, 2.45) is 0 Å². The van der Waals surface area contributed by atoms with Crippen molar-refractivity contribution >= 4 is 17.4 Å². The van der Waals surface area contributed by atoms with Gasteiger partial charge in [-0.25, -0.2) is 0 Å². The van der Waals surface area contributed by atoms with Gasteiger partial charge in [0.1, 0.15) is 0 Å². The van der Waals surface area contributed by atoms with Gasteiger partial charge < -0.3 is 0 Å². The summed E-state index contributed by atoms with van der Waals surface area (Å²) < 4.78 is 0. The Morgan fingerprint density at radius 1 is 1.57 bits per heavy atom. The number of carbonyl (C=O) groups is 1. The molecule has 0 bridgehead atoms. The molecular formula is C12H13ClO. The molecule has 1 aromatic rings. The fourth-order valence-corrected chi connectivity index (χ4v) is 1.67. The minimum absolute atomic E-state index is 0.0907. The van der Waals surface area contributed by atoms with Crippen LogP contribution in [-0.4, -0.2) is 5.78 Å². The summed E-state index contributed by atoms with van der Waals surface area (Å²) in [6.45, 7) is 5.48. The maximum atomic E-state index is 11.7. The van der Waals surface area contributed by atoms with E-state index in [2.05, 4.69) is 6.58 Å². The molecular weight excluding hydrogens is 196 g/mol. The van der Waals surface area contributed by atoms with E-state index in [9.17, 15) is 4.79 Å². The van der Waals surface area contributed by atoms with Crippen LogP contribution < -0.4 is 0 Å². The van der Waals surface area contributed by atoms with Gasteiger partial charge in [-0.05, 0) is 25.0 Å². The molecule has 0 saturated carbocycles. The van der Waals surface area contributed by atoms with E-state index < -0.39 is 0 Å². The van der Waals surface area contributed by atoms with E-state index in [1.54, 1.807) is 12.1 Å². The second-order valence-corrected chi connectivity index (χ2v) is 3.59. The van der Waals surface area contributed by atoms with E-state index in [0.29, 0.717) is 23.4 Å². The fourth-order valence-electron chi connectivity index (χ4n) is 1.34. The first-order valence-electron chi connectivity index (χ1n) is 4.56. The number of benzene rings is 1. The summed E-state index contributed by atoms with van der Waals surface area (Å²) in [5.74, 6) is 0.0907. The van der Waals surface area contributed by atoms with Crippen molar-refractivity contribution in [2.75, 3.05) is 0 Å². The van der Waals surface area contributed by atoms with Crippen molar-refractivity contribution in [1.29, 1.82) is 0 Å². The lowest BCUT2D eigenvalue weighted by Gasteiger charge is -2.05. The maximum Gasteiger partial charge on any atom is 0.164 e. The molecule has 0 heterocycles. The average Bonchev–Trinajstić information content (AvgIpc) is 2.14. The largest absolute Gasteiger partial charge is 0.294 e. The first kappa shape index (κ1) is 11.0. The van der Waals surface area contributed by atoms with Gasteiger partial charge in [-0.15, -0.1) is 6.58 Å². The molecule has 1 rings (SSSR count). The minimum Gasteiger partial charge on any atom is -0.294 e. The first-order chi connectivity index (χ1) is 6.66. The van der Waals surface area contributed by atoms with Gasteiger partial charge in [0.2, 0.25) is 0 Å². The second-order valence-electron chi connectivity index (χ2n) is 3.18. The van der Waals surface area contributed by atoms with Gasteiger partial charge in [0.05, 0.1) is 5.02 Å². The van der Waals surface area contributed by atoms with Gasteiger partial charge >= 0.3 is 0 Å². The fraction of sp³-hybridized carbons (Fsp3) is 0.250. The maximum absolute atomic E-state index is 11.7. The van der Waals surface area contributed by atoms with Crippen molar-refractivity contribution in [3.63, 3.8) is 0 Å². The number of carbonyl (C=O) groups excluding carboxylic acids is 1. The highest BCUT2D eigenvalue weighted by atomic mass is 35.5. The number of allylic oxidation sites excluding steroid dienone is 1. The predicted molar refractivity (Wildman–Crippen MR) is 60.0 cm³/mol. The highest BCUT2D eigenvalue weighted by Crippen LogP contribution is 2.21. The van der Waals surface area contributed by atoms with Crippen molar-refractivity contribution in [3.8, 4) is 0 Å². The van der Waals surface area contributed by atoms with Crippen molar-refractivity contribution in [3.05, 3.63) is 47.0 Å². The monoisotopic (exact) mass is 208 g/mol. The molecule has 74 valence electrons. The Labute approximate surface area is 89.4 Å². The van der Waals surface area contributed by atoms with Crippen LogP contribution >= 0.6 is 11.6 Å². The van der Waals surface area contributed by atoms with Crippen LogP contribution in [0.3, 0.4) is 0 Å². The van der Waals surface area contributed by atoms with Crippen LogP contribution in [0.2, 0.25) is 5.02 Å². The quantitative estimate of drug-likeness (QED) is 0.544. The molecule has 0 fully saturated rings. The standard InChI is InChI=1S/C12H13ClO/c1-3-4-8-11(14)12-9(2)6-5-7-10(12)13/h3,5-7H,1,4,8H2,2H3. The molecule has 0 unspecified atom stereocenters. The van der Waals surface area contributed by atoms with Crippen LogP contribution in [0.15, 0.2) is 30.9 Å². The predicted octanol–water partition coefficient (Wildman–Crippen LogP) is 3.80. The van der Waals surface area contributed by atoms with Gasteiger partial charge in [-0.3, -0.25) is 4.79 Å². The van der Waals surface area contributed by atoms with Gasteiger partial charge in [0.15, 0.2) is 5.78 Å². The number of rotatable bonds is 4. The molecule has 0 spiro atoms. The summed E-state index contributed by atoms with van der Waals surface area (Å²) >= 11 is 5.96. The Balaban J connectivity index is 2.94. The SMILES string of the molecule is C=CCCC(=O)c1c(C)cccc1Cl. The molecule has 0 aliphatic heterocycles. The van der Waals surface area contributed by atoms with Crippen LogP contribution in [0, 0.1) is 6.92 Å². The van der Waals surface area contributed by atoms with Crippen LogP contribution in [0.25, 0.3) is 0 Å². The highest BCUT2D eigenvalue weighted by molar-refractivity contribution is 6.34. The van der Waals surface area contributed by atoms with Crippen LogP contribution in [-0.2, 0) is 0 Å².